The lowest BCUT2D eigenvalue weighted by atomic mass is 10.2. The highest BCUT2D eigenvalue weighted by molar-refractivity contribution is 5.36. The molecule has 0 amide bonds. The van der Waals surface area contributed by atoms with E-state index in [2.05, 4.69) is 15.3 Å². The molecule has 0 saturated heterocycles. The zero-order valence-electron chi connectivity index (χ0n) is 9.33. The maximum Gasteiger partial charge on any atom is 0.183 e. The number of nitrogens with zero attached hydrogens (tertiary/aromatic N) is 2. The zero-order valence-corrected chi connectivity index (χ0v) is 9.33. The van der Waals surface area contributed by atoms with Gasteiger partial charge in [0.1, 0.15) is 12.5 Å². The van der Waals surface area contributed by atoms with Crippen molar-refractivity contribution in [1.29, 1.82) is 0 Å². The van der Waals surface area contributed by atoms with Crippen LogP contribution in [0.2, 0.25) is 0 Å². The summed E-state index contributed by atoms with van der Waals surface area (Å²) >= 11 is 0. The van der Waals surface area contributed by atoms with Crippen LogP contribution in [0.4, 0.5) is 19.0 Å². The van der Waals surface area contributed by atoms with Crippen molar-refractivity contribution in [1.82, 2.24) is 9.97 Å². The van der Waals surface area contributed by atoms with Crippen LogP contribution in [0, 0.1) is 11.6 Å². The Labute approximate surface area is 102 Å². The van der Waals surface area contributed by atoms with Gasteiger partial charge < -0.3 is 5.32 Å². The summed E-state index contributed by atoms with van der Waals surface area (Å²) in [5.74, 6) is -1.36. The number of anilines is 1. The van der Waals surface area contributed by atoms with Crippen molar-refractivity contribution < 1.29 is 13.2 Å². The zero-order chi connectivity index (χ0) is 13.0. The molecule has 0 aliphatic rings. The van der Waals surface area contributed by atoms with Crippen LogP contribution in [0.1, 0.15) is 11.4 Å². The number of benzene rings is 1. The van der Waals surface area contributed by atoms with E-state index in [-0.39, 0.29) is 18.2 Å². The Morgan fingerprint density at radius 3 is 2.61 bits per heavy atom. The van der Waals surface area contributed by atoms with Crippen LogP contribution in [0.3, 0.4) is 0 Å². The summed E-state index contributed by atoms with van der Waals surface area (Å²) in [4.78, 5) is 7.10. The highest BCUT2D eigenvalue weighted by Crippen LogP contribution is 2.13. The van der Waals surface area contributed by atoms with E-state index in [1.165, 1.54) is 6.07 Å². The molecule has 2 rings (SSSR count). The van der Waals surface area contributed by atoms with Crippen molar-refractivity contribution in [3.8, 4) is 0 Å². The molecule has 1 aromatic heterocycles. The summed E-state index contributed by atoms with van der Waals surface area (Å²) in [6.07, 6.45) is 0.881. The van der Waals surface area contributed by atoms with Crippen LogP contribution >= 0.6 is 0 Å². The van der Waals surface area contributed by atoms with Gasteiger partial charge in [-0.3, -0.25) is 0 Å². The summed E-state index contributed by atoms with van der Waals surface area (Å²) in [6, 6.07) is 6.10. The Bertz CT molecular complexity index is 546. The lowest BCUT2D eigenvalue weighted by Crippen LogP contribution is -2.07. The second kappa shape index (κ2) is 5.48. The highest BCUT2D eigenvalue weighted by Gasteiger charge is 2.07. The minimum absolute atomic E-state index is 0.0618. The standard InChI is InChI=1S/C12H10F3N3/c13-5-11-16-7-10(15)12(18-11)17-6-8-3-1-2-4-9(8)14/h1-4,7H,5-6H2,(H,16,17,18). The molecule has 0 fully saturated rings. The van der Waals surface area contributed by atoms with Crippen molar-refractivity contribution >= 4 is 5.82 Å². The monoisotopic (exact) mass is 253 g/mol. The normalized spacial score (nSPS) is 10.4. The third kappa shape index (κ3) is 2.77. The number of rotatable bonds is 4. The second-order valence-electron chi connectivity index (χ2n) is 3.56. The molecule has 0 radical (unpaired) electrons. The van der Waals surface area contributed by atoms with E-state index >= 15 is 0 Å². The molecule has 0 atom stereocenters. The number of nitrogens with one attached hydrogen (secondary N) is 1. The second-order valence-corrected chi connectivity index (χ2v) is 3.56. The topological polar surface area (TPSA) is 37.8 Å². The molecular weight excluding hydrogens is 243 g/mol. The first-order chi connectivity index (χ1) is 8.70. The fourth-order valence-electron chi connectivity index (χ4n) is 1.41. The Kier molecular flexibility index (Phi) is 3.76. The van der Waals surface area contributed by atoms with Crippen LogP contribution in [-0.2, 0) is 13.2 Å². The van der Waals surface area contributed by atoms with Gasteiger partial charge in [0.25, 0.3) is 0 Å². The van der Waals surface area contributed by atoms with Crippen LogP contribution < -0.4 is 5.32 Å². The van der Waals surface area contributed by atoms with E-state index in [9.17, 15) is 13.2 Å². The number of alkyl halides is 1. The molecule has 0 spiro atoms. The molecule has 0 saturated carbocycles. The molecular formula is C12H10F3N3. The van der Waals surface area contributed by atoms with Gasteiger partial charge in [-0.1, -0.05) is 18.2 Å². The minimum atomic E-state index is -0.880. The lowest BCUT2D eigenvalue weighted by molar-refractivity contribution is 0.462. The third-order valence-corrected chi connectivity index (χ3v) is 2.32. The lowest BCUT2D eigenvalue weighted by Gasteiger charge is -2.07. The summed E-state index contributed by atoms with van der Waals surface area (Å²) in [5, 5.41) is 2.61. The average molecular weight is 253 g/mol. The molecule has 0 aliphatic heterocycles. The molecule has 0 unspecified atom stereocenters. The van der Waals surface area contributed by atoms with Gasteiger partial charge in [0.15, 0.2) is 17.5 Å². The Hall–Kier alpha value is -2.11. The van der Waals surface area contributed by atoms with E-state index in [0.29, 0.717) is 5.56 Å². The predicted octanol–water partition coefficient (Wildman–Crippen LogP) is 2.84. The number of aromatic nitrogens is 2. The Morgan fingerprint density at radius 2 is 1.89 bits per heavy atom. The Balaban J connectivity index is 2.13. The minimum Gasteiger partial charge on any atom is -0.363 e. The SMILES string of the molecule is FCc1ncc(F)c(NCc2ccccc2F)n1. The molecule has 2 aromatic rings. The molecule has 6 heteroatoms. The smallest absolute Gasteiger partial charge is 0.183 e. The molecule has 3 nitrogen and oxygen atoms in total. The van der Waals surface area contributed by atoms with E-state index in [1.54, 1.807) is 18.2 Å². The van der Waals surface area contributed by atoms with Crippen LogP contribution in [0.5, 0.6) is 0 Å². The molecule has 1 aromatic carbocycles. The van der Waals surface area contributed by atoms with Gasteiger partial charge in [0.2, 0.25) is 0 Å². The molecule has 1 N–H and O–H groups in total. The maximum atomic E-state index is 13.3. The quantitative estimate of drug-likeness (QED) is 0.910. The van der Waals surface area contributed by atoms with E-state index in [0.717, 1.165) is 6.20 Å². The largest absolute Gasteiger partial charge is 0.363 e. The van der Waals surface area contributed by atoms with Crippen molar-refractivity contribution in [2.75, 3.05) is 5.32 Å². The van der Waals surface area contributed by atoms with Crippen LogP contribution in [0.25, 0.3) is 0 Å². The van der Waals surface area contributed by atoms with Crippen LogP contribution in [0.15, 0.2) is 30.5 Å². The molecule has 18 heavy (non-hydrogen) atoms. The van der Waals surface area contributed by atoms with Crippen LogP contribution in [-0.4, -0.2) is 9.97 Å². The van der Waals surface area contributed by atoms with Crippen molar-refractivity contribution in [2.24, 2.45) is 0 Å². The number of hydrogen-bond donors (Lipinski definition) is 1. The Morgan fingerprint density at radius 1 is 1.11 bits per heavy atom. The van der Waals surface area contributed by atoms with E-state index in [1.807, 2.05) is 0 Å². The van der Waals surface area contributed by atoms with Gasteiger partial charge in [0.05, 0.1) is 6.20 Å². The van der Waals surface area contributed by atoms with Gasteiger partial charge in [-0.15, -0.1) is 0 Å². The summed E-state index contributed by atoms with van der Waals surface area (Å²) in [7, 11) is 0. The fraction of sp³-hybridized carbons (Fsp3) is 0.167. The van der Waals surface area contributed by atoms with E-state index in [4.69, 9.17) is 0 Å². The molecule has 0 bridgehead atoms. The first-order valence-corrected chi connectivity index (χ1v) is 5.25. The number of halogens is 3. The first kappa shape index (κ1) is 12.3. The summed E-state index contributed by atoms with van der Waals surface area (Å²) in [5.41, 5.74) is 0.373. The highest BCUT2D eigenvalue weighted by atomic mass is 19.1. The third-order valence-electron chi connectivity index (χ3n) is 2.32. The van der Waals surface area contributed by atoms with Gasteiger partial charge in [-0.05, 0) is 6.07 Å². The number of hydrogen-bond acceptors (Lipinski definition) is 3. The molecule has 94 valence electrons. The van der Waals surface area contributed by atoms with Gasteiger partial charge in [-0.25, -0.2) is 23.1 Å². The molecule has 0 aliphatic carbocycles. The maximum absolute atomic E-state index is 13.3. The predicted molar refractivity (Wildman–Crippen MR) is 60.5 cm³/mol. The first-order valence-electron chi connectivity index (χ1n) is 5.25. The fourth-order valence-corrected chi connectivity index (χ4v) is 1.41. The van der Waals surface area contributed by atoms with Crippen molar-refractivity contribution in [3.05, 3.63) is 53.5 Å². The van der Waals surface area contributed by atoms with Crippen molar-refractivity contribution in [2.45, 2.75) is 13.2 Å². The van der Waals surface area contributed by atoms with Gasteiger partial charge in [0, 0.05) is 12.1 Å². The van der Waals surface area contributed by atoms with Crippen molar-refractivity contribution in [3.63, 3.8) is 0 Å². The van der Waals surface area contributed by atoms with E-state index < -0.39 is 18.3 Å². The summed E-state index contributed by atoms with van der Waals surface area (Å²) < 4.78 is 38.9. The average Bonchev–Trinajstić information content (AvgIpc) is 2.39. The van der Waals surface area contributed by atoms with Gasteiger partial charge >= 0.3 is 0 Å². The molecule has 1 heterocycles. The van der Waals surface area contributed by atoms with Gasteiger partial charge in [-0.2, -0.15) is 0 Å². The summed E-state index contributed by atoms with van der Waals surface area (Å²) in [6.45, 7) is -0.818.